The van der Waals surface area contributed by atoms with Crippen LogP contribution in [0.25, 0.3) is 17.1 Å². The SMILES string of the molecule is O=C(Nc1ccc(-n2nc(-c3cccnc3)cc2C(F)(F)F)nc1)c1cccc(F)c1. The molecule has 1 amide bonds. The average molecular weight is 427 g/mol. The average Bonchev–Trinajstić information content (AvgIpc) is 3.21. The number of rotatable bonds is 4. The second-order valence-electron chi connectivity index (χ2n) is 6.44. The first-order valence-electron chi connectivity index (χ1n) is 8.92. The largest absolute Gasteiger partial charge is 0.433 e. The molecule has 1 N–H and O–H groups in total. The van der Waals surface area contributed by atoms with Gasteiger partial charge in [-0.1, -0.05) is 6.07 Å². The highest BCUT2D eigenvalue weighted by Crippen LogP contribution is 2.33. The van der Waals surface area contributed by atoms with E-state index in [4.69, 9.17) is 0 Å². The Labute approximate surface area is 173 Å². The van der Waals surface area contributed by atoms with Crippen LogP contribution in [0, 0.1) is 5.82 Å². The van der Waals surface area contributed by atoms with Gasteiger partial charge in [0.25, 0.3) is 5.91 Å². The number of aromatic nitrogens is 4. The van der Waals surface area contributed by atoms with Crippen LogP contribution in [0.15, 0.2) is 73.2 Å². The van der Waals surface area contributed by atoms with E-state index in [-0.39, 0.29) is 22.8 Å². The summed E-state index contributed by atoms with van der Waals surface area (Å²) in [5.74, 6) is -1.24. The summed E-state index contributed by atoms with van der Waals surface area (Å²) in [6.07, 6.45) is -0.563. The Balaban J connectivity index is 1.63. The molecule has 31 heavy (non-hydrogen) atoms. The van der Waals surface area contributed by atoms with Crippen molar-refractivity contribution >= 4 is 11.6 Å². The van der Waals surface area contributed by atoms with Gasteiger partial charge in [-0.15, -0.1) is 0 Å². The molecule has 0 fully saturated rings. The van der Waals surface area contributed by atoms with Crippen molar-refractivity contribution in [1.29, 1.82) is 0 Å². The highest BCUT2D eigenvalue weighted by molar-refractivity contribution is 6.04. The summed E-state index contributed by atoms with van der Waals surface area (Å²) in [4.78, 5) is 20.1. The van der Waals surface area contributed by atoms with Gasteiger partial charge in [0, 0.05) is 23.5 Å². The number of nitrogens with zero attached hydrogens (tertiary/aromatic N) is 4. The van der Waals surface area contributed by atoms with Crippen LogP contribution in [0.2, 0.25) is 0 Å². The highest BCUT2D eigenvalue weighted by atomic mass is 19.4. The van der Waals surface area contributed by atoms with Gasteiger partial charge in [0.05, 0.1) is 17.6 Å². The molecular weight excluding hydrogens is 414 g/mol. The molecule has 0 saturated heterocycles. The third-order valence-corrected chi connectivity index (χ3v) is 4.27. The first-order chi connectivity index (χ1) is 14.8. The molecule has 10 heteroatoms. The van der Waals surface area contributed by atoms with E-state index in [1.165, 1.54) is 48.9 Å². The van der Waals surface area contributed by atoms with Gasteiger partial charge < -0.3 is 5.32 Å². The lowest BCUT2D eigenvalue weighted by Gasteiger charge is -2.10. The summed E-state index contributed by atoms with van der Waals surface area (Å²) >= 11 is 0. The van der Waals surface area contributed by atoms with Crippen molar-refractivity contribution < 1.29 is 22.4 Å². The molecule has 0 radical (unpaired) electrons. The van der Waals surface area contributed by atoms with E-state index < -0.39 is 23.6 Å². The second-order valence-corrected chi connectivity index (χ2v) is 6.44. The monoisotopic (exact) mass is 427 g/mol. The number of benzene rings is 1. The van der Waals surface area contributed by atoms with Crippen molar-refractivity contribution in [2.24, 2.45) is 0 Å². The van der Waals surface area contributed by atoms with Crippen LogP contribution in [-0.4, -0.2) is 25.7 Å². The molecule has 0 unspecified atom stereocenters. The number of hydrogen-bond donors (Lipinski definition) is 1. The van der Waals surface area contributed by atoms with Gasteiger partial charge in [0.1, 0.15) is 5.82 Å². The molecule has 0 bridgehead atoms. The molecule has 0 aliphatic carbocycles. The minimum atomic E-state index is -4.67. The molecule has 0 aliphatic rings. The van der Waals surface area contributed by atoms with Gasteiger partial charge in [-0.05, 0) is 48.5 Å². The Morgan fingerprint density at radius 3 is 2.48 bits per heavy atom. The van der Waals surface area contributed by atoms with Crippen LogP contribution >= 0.6 is 0 Å². The normalized spacial score (nSPS) is 11.4. The molecule has 0 atom stereocenters. The Bertz CT molecular complexity index is 1220. The van der Waals surface area contributed by atoms with Gasteiger partial charge in [-0.2, -0.15) is 18.3 Å². The maximum absolute atomic E-state index is 13.5. The van der Waals surface area contributed by atoms with E-state index in [2.05, 4.69) is 20.4 Å². The third-order valence-electron chi connectivity index (χ3n) is 4.27. The number of nitrogens with one attached hydrogen (secondary N) is 1. The lowest BCUT2D eigenvalue weighted by Crippen LogP contribution is -2.15. The number of carbonyl (C=O) groups is 1. The lowest BCUT2D eigenvalue weighted by molar-refractivity contribution is -0.142. The summed E-state index contributed by atoms with van der Waals surface area (Å²) in [6, 6.07) is 11.9. The quantitative estimate of drug-likeness (QED) is 0.478. The van der Waals surface area contributed by atoms with Gasteiger partial charge >= 0.3 is 6.18 Å². The minimum Gasteiger partial charge on any atom is -0.321 e. The van der Waals surface area contributed by atoms with E-state index in [0.717, 1.165) is 12.1 Å². The van der Waals surface area contributed by atoms with Crippen molar-refractivity contribution in [3.63, 3.8) is 0 Å². The van der Waals surface area contributed by atoms with E-state index in [1.54, 1.807) is 12.1 Å². The molecule has 4 aromatic rings. The van der Waals surface area contributed by atoms with Crippen LogP contribution in [0.1, 0.15) is 16.1 Å². The molecular formula is C21H13F4N5O. The van der Waals surface area contributed by atoms with Crippen LogP contribution in [-0.2, 0) is 6.18 Å². The van der Waals surface area contributed by atoms with Crippen LogP contribution < -0.4 is 5.32 Å². The Kier molecular flexibility index (Phi) is 5.20. The smallest absolute Gasteiger partial charge is 0.321 e. The summed E-state index contributed by atoms with van der Waals surface area (Å²) in [6.45, 7) is 0. The van der Waals surface area contributed by atoms with E-state index >= 15 is 0 Å². The summed E-state index contributed by atoms with van der Waals surface area (Å²) in [5.41, 5.74) is -0.172. The fourth-order valence-corrected chi connectivity index (χ4v) is 2.83. The molecule has 0 spiro atoms. The van der Waals surface area contributed by atoms with Crippen molar-refractivity contribution in [3.8, 4) is 17.1 Å². The number of halogens is 4. The van der Waals surface area contributed by atoms with Crippen molar-refractivity contribution in [2.75, 3.05) is 5.32 Å². The standard InChI is InChI=1S/C21H13F4N5O/c22-15-5-1-3-13(9-15)20(31)28-16-6-7-19(27-12-16)30-18(21(23,24)25)10-17(29-30)14-4-2-8-26-11-14/h1-12H,(H,28,31). The zero-order chi connectivity index (χ0) is 22.0. The van der Waals surface area contributed by atoms with Crippen molar-refractivity contribution in [3.05, 3.63) is 90.3 Å². The third kappa shape index (κ3) is 4.42. The molecule has 3 heterocycles. The van der Waals surface area contributed by atoms with Crippen LogP contribution in [0.5, 0.6) is 0 Å². The zero-order valence-corrected chi connectivity index (χ0v) is 15.6. The number of carbonyl (C=O) groups excluding carboxylic acids is 1. The van der Waals surface area contributed by atoms with Crippen molar-refractivity contribution in [2.45, 2.75) is 6.18 Å². The fourth-order valence-electron chi connectivity index (χ4n) is 2.83. The van der Waals surface area contributed by atoms with Gasteiger partial charge in [-0.25, -0.2) is 14.1 Å². The number of amides is 1. The topological polar surface area (TPSA) is 72.7 Å². The maximum atomic E-state index is 13.5. The van der Waals surface area contributed by atoms with E-state index in [9.17, 15) is 22.4 Å². The first-order valence-corrected chi connectivity index (χ1v) is 8.92. The number of hydrogen-bond acceptors (Lipinski definition) is 4. The minimum absolute atomic E-state index is 0.0886. The Morgan fingerprint density at radius 2 is 1.84 bits per heavy atom. The van der Waals surface area contributed by atoms with Gasteiger partial charge in [0.15, 0.2) is 11.5 Å². The first kappa shape index (κ1) is 20.2. The number of anilines is 1. The molecule has 6 nitrogen and oxygen atoms in total. The Hall–Kier alpha value is -4.08. The number of pyridine rings is 2. The van der Waals surface area contributed by atoms with Crippen LogP contribution in [0.4, 0.5) is 23.2 Å². The van der Waals surface area contributed by atoms with Crippen LogP contribution in [0.3, 0.4) is 0 Å². The molecule has 4 rings (SSSR count). The van der Waals surface area contributed by atoms with Gasteiger partial charge in [0.2, 0.25) is 0 Å². The Morgan fingerprint density at radius 1 is 1.00 bits per heavy atom. The summed E-state index contributed by atoms with van der Waals surface area (Å²) < 4.78 is 54.6. The van der Waals surface area contributed by atoms with E-state index in [0.29, 0.717) is 10.2 Å². The predicted octanol–water partition coefficient (Wildman–Crippen LogP) is 4.74. The molecule has 0 aliphatic heterocycles. The fraction of sp³-hybridized carbons (Fsp3) is 0.0476. The molecule has 3 aromatic heterocycles. The van der Waals surface area contributed by atoms with Crippen molar-refractivity contribution in [1.82, 2.24) is 19.7 Å². The molecule has 156 valence electrons. The summed E-state index contributed by atoms with van der Waals surface area (Å²) in [5, 5.41) is 6.54. The zero-order valence-electron chi connectivity index (χ0n) is 15.6. The maximum Gasteiger partial charge on any atom is 0.433 e. The van der Waals surface area contributed by atoms with E-state index in [1.807, 2.05) is 0 Å². The second kappa shape index (κ2) is 7.98. The summed E-state index contributed by atoms with van der Waals surface area (Å²) in [7, 11) is 0. The molecule has 1 aromatic carbocycles. The highest BCUT2D eigenvalue weighted by Gasteiger charge is 2.36. The van der Waals surface area contributed by atoms with Gasteiger partial charge in [-0.3, -0.25) is 9.78 Å². The molecule has 0 saturated carbocycles. The number of alkyl halides is 3. The predicted molar refractivity (Wildman–Crippen MR) is 104 cm³/mol. The lowest BCUT2D eigenvalue weighted by atomic mass is 10.2.